The first kappa shape index (κ1) is 23.7. The highest BCUT2D eigenvalue weighted by Crippen LogP contribution is 2.29. The fourth-order valence-electron chi connectivity index (χ4n) is 5.20. The molecule has 0 N–H and O–H groups in total. The van der Waals surface area contributed by atoms with Crippen LogP contribution in [0.25, 0.3) is 10.8 Å². The monoisotopic (exact) mass is 464 g/mol. The molecule has 0 spiro atoms. The van der Waals surface area contributed by atoms with E-state index in [2.05, 4.69) is 113 Å². The summed E-state index contributed by atoms with van der Waals surface area (Å²) in [6.45, 7) is 7.01. The number of fused-ring (bicyclic) bond motifs is 1. The summed E-state index contributed by atoms with van der Waals surface area (Å²) in [6, 6.07) is 37.5. The van der Waals surface area contributed by atoms with Gasteiger partial charge in [0.05, 0.1) is 12.6 Å². The van der Waals surface area contributed by atoms with E-state index in [1.807, 2.05) is 0 Å². The number of benzene rings is 4. The second-order valence-electron chi connectivity index (χ2n) is 9.50. The third-order valence-corrected chi connectivity index (χ3v) is 7.12. The van der Waals surface area contributed by atoms with E-state index in [9.17, 15) is 0 Å². The molecule has 4 aromatic carbocycles. The zero-order chi connectivity index (χ0) is 23.7. The van der Waals surface area contributed by atoms with Crippen molar-refractivity contribution in [2.75, 3.05) is 45.9 Å². The standard InChI is InChI=1S/C32H36N2O/c1-3-12-29(13-4-1)32(30-14-5-2-6-15-30)34-21-19-33(20-22-34)23-25-35-24-9-10-27-17-18-28-11-7-8-16-31(28)26-27/h1-8,11-18,26,32H,9-10,19-25H2. The molecule has 4 aromatic rings. The lowest BCUT2D eigenvalue weighted by Gasteiger charge is -2.39. The van der Waals surface area contributed by atoms with Crippen LogP contribution in [0.2, 0.25) is 0 Å². The summed E-state index contributed by atoms with van der Waals surface area (Å²) in [5.74, 6) is 0. The second-order valence-corrected chi connectivity index (χ2v) is 9.50. The van der Waals surface area contributed by atoms with E-state index in [0.29, 0.717) is 6.04 Å². The predicted octanol–water partition coefficient (Wildman–Crippen LogP) is 6.20. The highest BCUT2D eigenvalue weighted by Gasteiger charge is 2.26. The van der Waals surface area contributed by atoms with Gasteiger partial charge in [-0.3, -0.25) is 9.80 Å². The van der Waals surface area contributed by atoms with Gasteiger partial charge in [0.25, 0.3) is 0 Å². The van der Waals surface area contributed by atoms with Gasteiger partial charge in [-0.1, -0.05) is 103 Å². The highest BCUT2D eigenvalue weighted by molar-refractivity contribution is 5.82. The van der Waals surface area contributed by atoms with E-state index in [4.69, 9.17) is 4.74 Å². The van der Waals surface area contributed by atoms with Crippen molar-refractivity contribution in [1.29, 1.82) is 0 Å². The van der Waals surface area contributed by atoms with Crippen molar-refractivity contribution >= 4 is 10.8 Å². The first-order valence-electron chi connectivity index (χ1n) is 13.0. The minimum Gasteiger partial charge on any atom is -0.380 e. The van der Waals surface area contributed by atoms with Crippen LogP contribution < -0.4 is 0 Å². The molecule has 0 unspecified atom stereocenters. The molecule has 35 heavy (non-hydrogen) atoms. The van der Waals surface area contributed by atoms with Crippen molar-refractivity contribution in [3.05, 3.63) is 120 Å². The molecule has 3 heteroatoms. The highest BCUT2D eigenvalue weighted by atomic mass is 16.5. The number of hydrogen-bond acceptors (Lipinski definition) is 3. The minimum absolute atomic E-state index is 0.325. The Hall–Kier alpha value is -2.98. The Morgan fingerprint density at radius 3 is 1.94 bits per heavy atom. The van der Waals surface area contributed by atoms with E-state index in [1.165, 1.54) is 27.5 Å². The van der Waals surface area contributed by atoms with Crippen molar-refractivity contribution < 1.29 is 4.74 Å². The second kappa shape index (κ2) is 12.1. The Kier molecular flexibility index (Phi) is 8.23. The molecular weight excluding hydrogens is 428 g/mol. The van der Waals surface area contributed by atoms with Crippen LogP contribution in [0.4, 0.5) is 0 Å². The first-order chi connectivity index (χ1) is 17.4. The quantitative estimate of drug-likeness (QED) is 0.260. The SMILES string of the molecule is c1ccc(C(c2ccccc2)N2CCN(CCOCCCc3ccc4ccccc4c3)CC2)cc1. The van der Waals surface area contributed by atoms with Crippen molar-refractivity contribution in [3.63, 3.8) is 0 Å². The summed E-state index contributed by atoms with van der Waals surface area (Å²) >= 11 is 0. The zero-order valence-corrected chi connectivity index (χ0v) is 20.6. The van der Waals surface area contributed by atoms with E-state index in [-0.39, 0.29) is 0 Å². The Morgan fingerprint density at radius 1 is 0.629 bits per heavy atom. The lowest BCUT2D eigenvalue weighted by atomic mass is 9.96. The average Bonchev–Trinajstić information content (AvgIpc) is 2.93. The maximum atomic E-state index is 6.00. The molecule has 0 saturated carbocycles. The molecule has 1 fully saturated rings. The number of aryl methyl sites for hydroxylation is 1. The molecule has 1 aliphatic heterocycles. The van der Waals surface area contributed by atoms with E-state index in [1.54, 1.807) is 0 Å². The van der Waals surface area contributed by atoms with Crippen LogP contribution in [0.1, 0.15) is 29.2 Å². The molecule has 0 amide bonds. The summed E-state index contributed by atoms with van der Waals surface area (Å²) in [6.07, 6.45) is 2.14. The summed E-state index contributed by atoms with van der Waals surface area (Å²) in [7, 11) is 0. The topological polar surface area (TPSA) is 15.7 Å². The summed E-state index contributed by atoms with van der Waals surface area (Å²) in [5.41, 5.74) is 4.15. The number of hydrogen-bond donors (Lipinski definition) is 0. The Bertz CT molecular complexity index is 1130. The lowest BCUT2D eigenvalue weighted by molar-refractivity contribution is 0.0660. The van der Waals surface area contributed by atoms with E-state index < -0.39 is 0 Å². The van der Waals surface area contributed by atoms with Gasteiger partial charge in [0.15, 0.2) is 0 Å². The molecule has 0 atom stereocenters. The van der Waals surface area contributed by atoms with Gasteiger partial charge in [0.2, 0.25) is 0 Å². The van der Waals surface area contributed by atoms with Crippen molar-refractivity contribution in [3.8, 4) is 0 Å². The van der Waals surface area contributed by atoms with Gasteiger partial charge < -0.3 is 4.74 Å². The molecular formula is C32H36N2O. The molecule has 0 aliphatic carbocycles. The number of rotatable bonds is 10. The maximum Gasteiger partial charge on any atom is 0.0602 e. The van der Waals surface area contributed by atoms with Gasteiger partial charge in [-0.25, -0.2) is 0 Å². The normalized spacial score (nSPS) is 15.1. The van der Waals surface area contributed by atoms with Crippen LogP contribution in [0.3, 0.4) is 0 Å². The van der Waals surface area contributed by atoms with Gasteiger partial charge >= 0.3 is 0 Å². The third kappa shape index (κ3) is 6.37. The molecule has 1 saturated heterocycles. The predicted molar refractivity (Wildman–Crippen MR) is 146 cm³/mol. The van der Waals surface area contributed by atoms with Crippen LogP contribution in [-0.2, 0) is 11.2 Å². The number of piperazine rings is 1. The average molecular weight is 465 g/mol. The van der Waals surface area contributed by atoms with Crippen molar-refractivity contribution in [2.24, 2.45) is 0 Å². The molecule has 1 heterocycles. The van der Waals surface area contributed by atoms with Gasteiger partial charge in [-0.05, 0) is 40.3 Å². The molecule has 0 aromatic heterocycles. The molecule has 0 radical (unpaired) electrons. The zero-order valence-electron chi connectivity index (χ0n) is 20.6. The summed E-state index contributed by atoms with van der Waals surface area (Å²) < 4.78 is 6.00. The van der Waals surface area contributed by atoms with Crippen LogP contribution in [0.5, 0.6) is 0 Å². The van der Waals surface area contributed by atoms with Gasteiger partial charge in [-0.2, -0.15) is 0 Å². The fraction of sp³-hybridized carbons (Fsp3) is 0.312. The smallest absolute Gasteiger partial charge is 0.0602 e. The Morgan fingerprint density at radius 2 is 1.26 bits per heavy atom. The molecule has 180 valence electrons. The molecule has 3 nitrogen and oxygen atoms in total. The Labute approximate surface area is 210 Å². The first-order valence-corrected chi connectivity index (χ1v) is 13.0. The number of ether oxygens (including phenoxy) is 1. The minimum atomic E-state index is 0.325. The maximum absolute atomic E-state index is 6.00. The third-order valence-electron chi connectivity index (χ3n) is 7.12. The summed E-state index contributed by atoms with van der Waals surface area (Å²) in [4.78, 5) is 5.18. The van der Waals surface area contributed by atoms with Gasteiger partial charge in [0, 0.05) is 39.3 Å². The van der Waals surface area contributed by atoms with E-state index >= 15 is 0 Å². The molecule has 5 rings (SSSR count). The Balaban J connectivity index is 1.04. The van der Waals surface area contributed by atoms with Crippen LogP contribution in [-0.4, -0.2) is 55.7 Å². The van der Waals surface area contributed by atoms with Crippen LogP contribution in [0.15, 0.2) is 103 Å². The van der Waals surface area contributed by atoms with Gasteiger partial charge in [0.1, 0.15) is 0 Å². The fourth-order valence-corrected chi connectivity index (χ4v) is 5.20. The van der Waals surface area contributed by atoms with Crippen molar-refractivity contribution in [2.45, 2.75) is 18.9 Å². The molecule has 1 aliphatic rings. The molecule has 0 bridgehead atoms. The van der Waals surface area contributed by atoms with Gasteiger partial charge in [-0.15, -0.1) is 0 Å². The van der Waals surface area contributed by atoms with Crippen LogP contribution >= 0.6 is 0 Å². The number of nitrogens with zero attached hydrogens (tertiary/aromatic N) is 2. The van der Waals surface area contributed by atoms with Crippen molar-refractivity contribution in [1.82, 2.24) is 9.80 Å². The van der Waals surface area contributed by atoms with Crippen LogP contribution in [0, 0.1) is 0 Å². The lowest BCUT2D eigenvalue weighted by Crippen LogP contribution is -2.48. The summed E-state index contributed by atoms with van der Waals surface area (Å²) in [5, 5.41) is 2.64. The largest absolute Gasteiger partial charge is 0.380 e. The van der Waals surface area contributed by atoms with E-state index in [0.717, 1.165) is 58.8 Å².